The topological polar surface area (TPSA) is 88.9 Å². The van der Waals surface area contributed by atoms with Crippen LogP contribution < -0.4 is 15.2 Å². The van der Waals surface area contributed by atoms with Gasteiger partial charge in [0.25, 0.3) is 5.56 Å². The van der Waals surface area contributed by atoms with E-state index in [1.54, 1.807) is 7.11 Å². The maximum atomic E-state index is 13.5. The van der Waals surface area contributed by atoms with E-state index in [4.69, 9.17) is 4.74 Å². The average Bonchev–Trinajstić information content (AvgIpc) is 3.57. The number of H-pyrrole nitrogens is 1. The number of tetrazole rings is 1. The highest BCUT2D eigenvalue weighted by Gasteiger charge is 2.35. The lowest BCUT2D eigenvalue weighted by Crippen LogP contribution is -2.38. The Bertz CT molecular complexity index is 1390. The second-order valence-corrected chi connectivity index (χ2v) is 9.26. The summed E-state index contributed by atoms with van der Waals surface area (Å²) >= 11 is 0. The van der Waals surface area contributed by atoms with Crippen molar-refractivity contribution < 1.29 is 4.74 Å². The van der Waals surface area contributed by atoms with Crippen LogP contribution in [0.3, 0.4) is 0 Å². The largest absolute Gasteiger partial charge is 0.497 e. The Hall–Kier alpha value is -3.68. The number of nitrogens with zero attached hydrogens (tertiary/aromatic N) is 5. The molecule has 6 rings (SSSR count). The Kier molecular flexibility index (Phi) is 5.28. The van der Waals surface area contributed by atoms with Crippen molar-refractivity contribution >= 4 is 16.6 Å². The summed E-state index contributed by atoms with van der Waals surface area (Å²) in [6, 6.07) is 16.0. The molecule has 0 amide bonds. The minimum absolute atomic E-state index is 0.119. The number of hydrogen-bond acceptors (Lipinski definition) is 6. The van der Waals surface area contributed by atoms with Crippen LogP contribution in [0.25, 0.3) is 10.9 Å². The molecule has 2 aromatic carbocycles. The van der Waals surface area contributed by atoms with Gasteiger partial charge >= 0.3 is 0 Å². The molecule has 8 heteroatoms. The number of para-hydroxylation sites is 1. The molecule has 1 aliphatic heterocycles. The summed E-state index contributed by atoms with van der Waals surface area (Å²) in [5.74, 6) is 1.48. The van der Waals surface area contributed by atoms with Gasteiger partial charge in [-0.15, -0.1) is 5.10 Å². The van der Waals surface area contributed by atoms with Crippen molar-refractivity contribution in [2.24, 2.45) is 0 Å². The van der Waals surface area contributed by atoms with Crippen molar-refractivity contribution in [1.82, 2.24) is 25.2 Å². The highest BCUT2D eigenvalue weighted by atomic mass is 16.5. The van der Waals surface area contributed by atoms with E-state index in [-0.39, 0.29) is 11.6 Å². The summed E-state index contributed by atoms with van der Waals surface area (Å²) in [4.78, 5) is 18.9. The lowest BCUT2D eigenvalue weighted by atomic mass is 9.96. The van der Waals surface area contributed by atoms with Crippen molar-refractivity contribution in [3.05, 3.63) is 75.8 Å². The number of methoxy groups -OCH3 is 1. The molecule has 0 bridgehead atoms. The number of hydrogen-bond donors (Lipinski definition) is 1. The quantitative estimate of drug-likeness (QED) is 0.485. The van der Waals surface area contributed by atoms with Gasteiger partial charge in [-0.25, -0.2) is 4.68 Å². The van der Waals surface area contributed by atoms with E-state index in [1.165, 1.54) is 18.4 Å². The molecule has 1 N–H and O–H groups in total. The number of aryl methyl sites for hydroxylation is 1. The van der Waals surface area contributed by atoms with Crippen molar-refractivity contribution in [2.75, 3.05) is 18.6 Å². The van der Waals surface area contributed by atoms with Gasteiger partial charge in [-0.1, -0.05) is 31.0 Å². The normalized spacial score (nSPS) is 17.1. The monoisotopic (exact) mass is 456 g/mol. The molecular formula is C26H28N6O2. The molecule has 174 valence electrons. The van der Waals surface area contributed by atoms with Crippen molar-refractivity contribution in [3.8, 4) is 5.75 Å². The fourth-order valence-electron chi connectivity index (χ4n) is 5.60. The van der Waals surface area contributed by atoms with Gasteiger partial charge in [0.15, 0.2) is 5.82 Å². The van der Waals surface area contributed by atoms with Crippen molar-refractivity contribution in [3.63, 3.8) is 0 Å². The third-order valence-corrected chi connectivity index (χ3v) is 7.27. The van der Waals surface area contributed by atoms with E-state index in [1.807, 2.05) is 28.9 Å². The van der Waals surface area contributed by atoms with Gasteiger partial charge in [0.05, 0.1) is 13.2 Å². The zero-order valence-electron chi connectivity index (χ0n) is 19.3. The minimum Gasteiger partial charge on any atom is -0.497 e. The molecule has 0 radical (unpaired) electrons. The SMILES string of the molecule is COc1ccc2[nH]c(=O)c(C(c3nnnn3C3CCCC3)N3CCCc4ccccc43)cc2c1. The van der Waals surface area contributed by atoms with Crippen LogP contribution in [-0.4, -0.2) is 38.8 Å². The van der Waals surface area contributed by atoms with Gasteiger partial charge in [0.2, 0.25) is 0 Å². The molecule has 1 atom stereocenters. The average molecular weight is 457 g/mol. The fourth-order valence-corrected chi connectivity index (χ4v) is 5.60. The Morgan fingerprint density at radius 2 is 1.94 bits per heavy atom. The maximum Gasteiger partial charge on any atom is 0.254 e. The van der Waals surface area contributed by atoms with Crippen LogP contribution in [0.15, 0.2) is 53.3 Å². The van der Waals surface area contributed by atoms with Crippen LogP contribution >= 0.6 is 0 Å². The molecule has 0 spiro atoms. The highest BCUT2D eigenvalue weighted by molar-refractivity contribution is 5.81. The summed E-state index contributed by atoms with van der Waals surface area (Å²) in [7, 11) is 1.65. The number of fused-ring (bicyclic) bond motifs is 2. The number of nitrogens with one attached hydrogen (secondary N) is 1. The fraction of sp³-hybridized carbons (Fsp3) is 0.385. The summed E-state index contributed by atoms with van der Waals surface area (Å²) in [5, 5.41) is 13.9. The minimum atomic E-state index is -0.392. The predicted octanol–water partition coefficient (Wildman–Crippen LogP) is 4.18. The Morgan fingerprint density at radius 1 is 1.09 bits per heavy atom. The number of ether oxygens (including phenoxy) is 1. The van der Waals surface area contributed by atoms with Gasteiger partial charge in [-0.05, 0) is 72.0 Å². The van der Waals surface area contributed by atoms with E-state index >= 15 is 0 Å². The number of aromatic nitrogens is 5. The molecule has 1 aliphatic carbocycles. The molecule has 34 heavy (non-hydrogen) atoms. The second kappa shape index (κ2) is 8.59. The first-order valence-corrected chi connectivity index (χ1v) is 12.1. The van der Waals surface area contributed by atoms with Crippen LogP contribution in [-0.2, 0) is 6.42 Å². The van der Waals surface area contributed by atoms with Crippen LogP contribution in [0.1, 0.15) is 61.1 Å². The summed E-state index contributed by atoms with van der Waals surface area (Å²) < 4.78 is 7.41. The molecule has 8 nitrogen and oxygen atoms in total. The maximum absolute atomic E-state index is 13.5. The lowest BCUT2D eigenvalue weighted by Gasteiger charge is -2.37. The molecule has 2 aromatic heterocycles. The Morgan fingerprint density at radius 3 is 2.79 bits per heavy atom. The summed E-state index contributed by atoms with van der Waals surface area (Å²) in [5.41, 5.74) is 3.74. The number of rotatable bonds is 5. The summed E-state index contributed by atoms with van der Waals surface area (Å²) in [6.07, 6.45) is 6.52. The highest BCUT2D eigenvalue weighted by Crippen LogP contribution is 2.39. The zero-order valence-corrected chi connectivity index (χ0v) is 19.3. The molecule has 0 saturated heterocycles. The number of anilines is 1. The third-order valence-electron chi connectivity index (χ3n) is 7.27. The van der Waals surface area contributed by atoms with Gasteiger partial charge < -0.3 is 14.6 Å². The molecular weight excluding hydrogens is 428 g/mol. The third kappa shape index (κ3) is 3.54. The molecule has 2 aliphatic rings. The van der Waals surface area contributed by atoms with Crippen LogP contribution in [0.5, 0.6) is 5.75 Å². The number of pyridine rings is 1. The number of aromatic amines is 1. The van der Waals surface area contributed by atoms with Gasteiger partial charge in [-0.2, -0.15) is 0 Å². The van der Waals surface area contributed by atoms with Gasteiger partial charge in [0.1, 0.15) is 11.8 Å². The summed E-state index contributed by atoms with van der Waals surface area (Å²) in [6.45, 7) is 0.828. The number of benzene rings is 2. The van der Waals surface area contributed by atoms with E-state index < -0.39 is 6.04 Å². The lowest BCUT2D eigenvalue weighted by molar-refractivity contribution is 0.415. The molecule has 1 fully saturated rings. The molecule has 4 aromatic rings. The van der Waals surface area contributed by atoms with Gasteiger partial charge in [-0.3, -0.25) is 4.79 Å². The van der Waals surface area contributed by atoms with Crippen LogP contribution in [0, 0.1) is 0 Å². The molecule has 1 saturated carbocycles. The predicted molar refractivity (Wildman–Crippen MR) is 130 cm³/mol. The molecule has 3 heterocycles. The van der Waals surface area contributed by atoms with Crippen LogP contribution in [0.4, 0.5) is 5.69 Å². The second-order valence-electron chi connectivity index (χ2n) is 9.26. The Labute approximate surface area is 197 Å². The van der Waals surface area contributed by atoms with E-state index in [0.717, 1.165) is 60.4 Å². The molecule has 1 unspecified atom stereocenters. The van der Waals surface area contributed by atoms with Crippen LogP contribution in [0.2, 0.25) is 0 Å². The first kappa shape index (κ1) is 20.9. The standard InChI is InChI=1S/C26H28N6O2/c1-34-20-12-13-22-18(15-20)16-21(26(33)27-22)24(25-28-29-30-32(25)19-9-3-4-10-19)31-14-6-8-17-7-2-5-11-23(17)31/h2,5,7,11-13,15-16,19,24H,3-4,6,8-10,14H2,1H3,(H,27,33). The van der Waals surface area contributed by atoms with E-state index in [2.05, 4.69) is 49.7 Å². The van der Waals surface area contributed by atoms with E-state index in [9.17, 15) is 4.79 Å². The van der Waals surface area contributed by atoms with Gasteiger partial charge in [0, 0.05) is 28.7 Å². The smallest absolute Gasteiger partial charge is 0.254 e. The van der Waals surface area contributed by atoms with Crippen molar-refractivity contribution in [1.29, 1.82) is 0 Å². The first-order valence-electron chi connectivity index (χ1n) is 12.1. The Balaban J connectivity index is 1.57. The first-order chi connectivity index (χ1) is 16.7. The van der Waals surface area contributed by atoms with E-state index in [0.29, 0.717) is 5.56 Å². The van der Waals surface area contributed by atoms with Crippen molar-refractivity contribution in [2.45, 2.75) is 50.6 Å². The zero-order chi connectivity index (χ0) is 23.1.